The summed E-state index contributed by atoms with van der Waals surface area (Å²) in [6, 6.07) is 6.58. The lowest BCUT2D eigenvalue weighted by atomic mass is 10.2. The summed E-state index contributed by atoms with van der Waals surface area (Å²) in [7, 11) is 3.25. The van der Waals surface area contributed by atoms with E-state index in [4.69, 9.17) is 9.84 Å². The first-order chi connectivity index (χ1) is 9.99. The number of para-hydroxylation sites is 2. The Morgan fingerprint density at radius 3 is 2.62 bits per heavy atom. The molecule has 0 heterocycles. The van der Waals surface area contributed by atoms with Gasteiger partial charge in [0.25, 0.3) is 0 Å². The lowest BCUT2D eigenvalue weighted by Gasteiger charge is -2.23. The van der Waals surface area contributed by atoms with Crippen LogP contribution in [0.4, 0.5) is 5.69 Å². The zero-order chi connectivity index (χ0) is 15.8. The van der Waals surface area contributed by atoms with Crippen LogP contribution in [0, 0.1) is 0 Å². The highest BCUT2D eigenvalue weighted by Gasteiger charge is 2.20. The Morgan fingerprint density at radius 2 is 2.05 bits per heavy atom. The van der Waals surface area contributed by atoms with E-state index < -0.39 is 12.0 Å². The van der Waals surface area contributed by atoms with Gasteiger partial charge in [-0.15, -0.1) is 0 Å². The van der Waals surface area contributed by atoms with Gasteiger partial charge in [0.05, 0.1) is 12.8 Å². The molecule has 0 aromatic heterocycles. The molecule has 0 radical (unpaired) electrons. The van der Waals surface area contributed by atoms with E-state index in [-0.39, 0.29) is 12.3 Å². The summed E-state index contributed by atoms with van der Waals surface area (Å²) in [4.78, 5) is 24.6. The topological polar surface area (TPSA) is 78.9 Å². The summed E-state index contributed by atoms with van der Waals surface area (Å²) in [6.45, 7) is 2.19. The molecule has 0 bridgehead atoms. The van der Waals surface area contributed by atoms with Crippen LogP contribution in [0.15, 0.2) is 24.3 Å². The molecule has 0 fully saturated rings. The first-order valence-electron chi connectivity index (χ1n) is 6.85. The summed E-state index contributed by atoms with van der Waals surface area (Å²) < 4.78 is 5.16. The van der Waals surface area contributed by atoms with Crippen LogP contribution < -0.4 is 10.1 Å². The predicted molar refractivity (Wildman–Crippen MR) is 80.6 cm³/mol. The Labute approximate surface area is 124 Å². The summed E-state index contributed by atoms with van der Waals surface area (Å²) >= 11 is 0. The van der Waals surface area contributed by atoms with Gasteiger partial charge in [0.15, 0.2) is 0 Å². The standard InChI is InChI=1S/C15H22N2O4/c1-4-12(15(19)20)17(2)10-9-14(18)16-11-7-5-6-8-13(11)21-3/h5-8,12H,4,9-10H2,1-3H3,(H,16,18)(H,19,20). The second-order valence-corrected chi connectivity index (χ2v) is 4.74. The van der Waals surface area contributed by atoms with Crippen molar-refractivity contribution in [2.24, 2.45) is 0 Å². The summed E-state index contributed by atoms with van der Waals surface area (Å²) in [5.41, 5.74) is 0.609. The Bertz CT molecular complexity index is 490. The molecule has 6 heteroatoms. The van der Waals surface area contributed by atoms with Crippen molar-refractivity contribution in [2.75, 3.05) is 26.0 Å². The van der Waals surface area contributed by atoms with Crippen LogP contribution in [0.1, 0.15) is 19.8 Å². The SMILES string of the molecule is CCC(C(=O)O)N(C)CCC(=O)Nc1ccccc1OC. The van der Waals surface area contributed by atoms with Crippen molar-refractivity contribution >= 4 is 17.6 Å². The summed E-state index contributed by atoms with van der Waals surface area (Å²) in [5, 5.41) is 11.8. The molecule has 1 unspecified atom stereocenters. The molecule has 0 spiro atoms. The number of hydrogen-bond donors (Lipinski definition) is 2. The van der Waals surface area contributed by atoms with Crippen LogP contribution in [0.25, 0.3) is 0 Å². The van der Waals surface area contributed by atoms with E-state index in [0.29, 0.717) is 24.4 Å². The number of aliphatic carboxylic acids is 1. The largest absolute Gasteiger partial charge is 0.495 e. The van der Waals surface area contributed by atoms with Crippen LogP contribution in [-0.4, -0.2) is 48.6 Å². The van der Waals surface area contributed by atoms with Crippen molar-refractivity contribution in [3.05, 3.63) is 24.3 Å². The Kier molecular flexibility index (Phi) is 6.68. The lowest BCUT2D eigenvalue weighted by Crippen LogP contribution is -2.39. The smallest absolute Gasteiger partial charge is 0.320 e. The van der Waals surface area contributed by atoms with E-state index in [1.165, 1.54) is 7.11 Å². The fourth-order valence-corrected chi connectivity index (χ4v) is 2.07. The van der Waals surface area contributed by atoms with Crippen molar-refractivity contribution in [1.29, 1.82) is 0 Å². The molecule has 6 nitrogen and oxygen atoms in total. The fourth-order valence-electron chi connectivity index (χ4n) is 2.07. The maximum atomic E-state index is 11.9. The first-order valence-corrected chi connectivity index (χ1v) is 6.85. The van der Waals surface area contributed by atoms with Crippen LogP contribution in [0.5, 0.6) is 5.75 Å². The molecule has 21 heavy (non-hydrogen) atoms. The maximum absolute atomic E-state index is 11.9. The van der Waals surface area contributed by atoms with Crippen molar-refractivity contribution in [1.82, 2.24) is 4.90 Å². The van der Waals surface area contributed by atoms with Crippen molar-refractivity contribution in [3.8, 4) is 5.75 Å². The van der Waals surface area contributed by atoms with Gasteiger partial charge in [0.1, 0.15) is 11.8 Å². The van der Waals surface area contributed by atoms with Gasteiger partial charge in [-0.25, -0.2) is 0 Å². The number of amides is 1. The molecule has 0 saturated carbocycles. The Balaban J connectivity index is 2.53. The number of carbonyl (C=O) groups excluding carboxylic acids is 1. The number of carboxylic acids is 1. The van der Waals surface area contributed by atoms with Crippen molar-refractivity contribution < 1.29 is 19.4 Å². The number of nitrogens with zero attached hydrogens (tertiary/aromatic N) is 1. The molecule has 1 aromatic carbocycles. The molecule has 1 amide bonds. The molecule has 1 aromatic rings. The van der Waals surface area contributed by atoms with Crippen molar-refractivity contribution in [2.45, 2.75) is 25.8 Å². The second kappa shape index (κ2) is 8.26. The zero-order valence-electron chi connectivity index (χ0n) is 12.6. The van der Waals surface area contributed by atoms with Gasteiger partial charge < -0.3 is 15.2 Å². The normalized spacial score (nSPS) is 12.0. The highest BCUT2D eigenvalue weighted by molar-refractivity contribution is 5.92. The van der Waals surface area contributed by atoms with E-state index in [0.717, 1.165) is 0 Å². The van der Waals surface area contributed by atoms with Gasteiger partial charge in [-0.2, -0.15) is 0 Å². The number of ether oxygens (including phenoxy) is 1. The monoisotopic (exact) mass is 294 g/mol. The Hall–Kier alpha value is -2.08. The first kappa shape index (κ1) is 17.0. The highest BCUT2D eigenvalue weighted by Crippen LogP contribution is 2.23. The molecular formula is C15H22N2O4. The molecular weight excluding hydrogens is 272 g/mol. The molecule has 1 rings (SSSR count). The van der Waals surface area contributed by atoms with E-state index in [1.54, 1.807) is 24.1 Å². The van der Waals surface area contributed by atoms with Gasteiger partial charge in [-0.1, -0.05) is 19.1 Å². The van der Waals surface area contributed by atoms with Crippen LogP contribution in [-0.2, 0) is 9.59 Å². The number of likely N-dealkylation sites (N-methyl/N-ethyl adjacent to an activating group) is 1. The number of carboxylic acid groups (broad SMARTS) is 1. The molecule has 0 aliphatic heterocycles. The minimum absolute atomic E-state index is 0.174. The van der Waals surface area contributed by atoms with E-state index in [2.05, 4.69) is 5.32 Å². The number of hydrogen-bond acceptors (Lipinski definition) is 4. The number of nitrogens with one attached hydrogen (secondary N) is 1. The third kappa shape index (κ3) is 5.07. The average Bonchev–Trinajstić information content (AvgIpc) is 2.46. The third-order valence-electron chi connectivity index (χ3n) is 3.28. The van der Waals surface area contributed by atoms with E-state index in [1.807, 2.05) is 19.1 Å². The van der Waals surface area contributed by atoms with Crippen LogP contribution >= 0.6 is 0 Å². The van der Waals surface area contributed by atoms with Crippen molar-refractivity contribution in [3.63, 3.8) is 0 Å². The number of benzene rings is 1. The highest BCUT2D eigenvalue weighted by atomic mass is 16.5. The van der Waals surface area contributed by atoms with Gasteiger partial charge >= 0.3 is 5.97 Å². The van der Waals surface area contributed by atoms with Gasteiger partial charge in [-0.05, 0) is 25.6 Å². The zero-order valence-corrected chi connectivity index (χ0v) is 12.6. The van der Waals surface area contributed by atoms with E-state index >= 15 is 0 Å². The summed E-state index contributed by atoms with van der Waals surface area (Å²) in [6.07, 6.45) is 0.721. The lowest BCUT2D eigenvalue weighted by molar-refractivity contribution is -0.143. The minimum Gasteiger partial charge on any atom is -0.495 e. The molecule has 2 N–H and O–H groups in total. The Morgan fingerprint density at radius 1 is 1.38 bits per heavy atom. The van der Waals surface area contributed by atoms with Crippen LogP contribution in [0.2, 0.25) is 0 Å². The summed E-state index contributed by atoms with van der Waals surface area (Å²) in [5.74, 6) is -0.451. The number of anilines is 1. The van der Waals surface area contributed by atoms with Gasteiger partial charge in [-0.3, -0.25) is 14.5 Å². The predicted octanol–water partition coefficient (Wildman–Crippen LogP) is 1.82. The quantitative estimate of drug-likeness (QED) is 0.764. The van der Waals surface area contributed by atoms with E-state index in [9.17, 15) is 9.59 Å². The van der Waals surface area contributed by atoms with Crippen LogP contribution in [0.3, 0.4) is 0 Å². The number of methoxy groups -OCH3 is 1. The van der Waals surface area contributed by atoms with Gasteiger partial charge in [0, 0.05) is 13.0 Å². The molecule has 1 atom stereocenters. The molecule has 0 saturated heterocycles. The number of carbonyl (C=O) groups is 2. The molecule has 116 valence electrons. The second-order valence-electron chi connectivity index (χ2n) is 4.74. The average molecular weight is 294 g/mol. The third-order valence-corrected chi connectivity index (χ3v) is 3.28. The van der Waals surface area contributed by atoms with Gasteiger partial charge in [0.2, 0.25) is 5.91 Å². The minimum atomic E-state index is -0.870. The fraction of sp³-hybridized carbons (Fsp3) is 0.467. The maximum Gasteiger partial charge on any atom is 0.320 e. The molecule has 0 aliphatic rings. The number of rotatable bonds is 8. The molecule has 0 aliphatic carbocycles.